The van der Waals surface area contributed by atoms with E-state index in [-0.39, 0.29) is 64.3 Å². The first kappa shape index (κ1) is 43.4. The van der Waals surface area contributed by atoms with Gasteiger partial charge in [-0.15, -0.1) is 0 Å². The normalized spacial score (nSPS) is 15.6. The number of rotatable bonds is 15. The largest absolute Gasteiger partial charge is 0.444 e. The second kappa shape index (κ2) is 17.9. The van der Waals surface area contributed by atoms with Gasteiger partial charge in [-0.1, -0.05) is 19.6 Å². The molecule has 2 amide bonds. The fraction of sp³-hybridized carbons (Fsp3) is 0.688. The smallest absolute Gasteiger partial charge is 0.423 e. The Kier molecular flexibility index (Phi) is 14.7. The third-order valence-electron chi connectivity index (χ3n) is 7.65. The first-order valence-electron chi connectivity index (χ1n) is 16.9. The van der Waals surface area contributed by atoms with Crippen LogP contribution in [-0.4, -0.2) is 108 Å². The minimum atomic E-state index is -5.00. The lowest BCUT2D eigenvalue weighted by atomic mass is 10.1. The zero-order valence-electron chi connectivity index (χ0n) is 30.9. The van der Waals surface area contributed by atoms with E-state index in [4.69, 9.17) is 14.2 Å². The summed E-state index contributed by atoms with van der Waals surface area (Å²) >= 11 is 0. The maximum atomic E-state index is 14.0. The van der Waals surface area contributed by atoms with Crippen LogP contribution in [0.25, 0.3) is 0 Å². The van der Waals surface area contributed by atoms with E-state index in [0.717, 1.165) is 12.2 Å². The molecule has 0 radical (unpaired) electrons. The van der Waals surface area contributed by atoms with Gasteiger partial charge in [0, 0.05) is 65.7 Å². The molecule has 14 nitrogen and oxygen atoms in total. The summed E-state index contributed by atoms with van der Waals surface area (Å²) in [7, 11) is -1.46. The minimum Gasteiger partial charge on any atom is -0.444 e. The molecule has 1 unspecified atom stereocenters. The lowest BCUT2D eigenvalue weighted by molar-refractivity contribution is -0.139. The van der Waals surface area contributed by atoms with Crippen molar-refractivity contribution in [2.75, 3.05) is 56.2 Å². The summed E-state index contributed by atoms with van der Waals surface area (Å²) in [6.45, 7) is 13.1. The van der Waals surface area contributed by atoms with E-state index in [1.165, 1.54) is 11.8 Å². The molecular weight excluding hydrogens is 734 g/mol. The van der Waals surface area contributed by atoms with Crippen molar-refractivity contribution < 1.29 is 50.1 Å². The highest BCUT2D eigenvalue weighted by Gasteiger charge is 2.39. The fourth-order valence-corrected chi connectivity index (χ4v) is 5.70. The van der Waals surface area contributed by atoms with E-state index in [1.54, 1.807) is 25.7 Å². The van der Waals surface area contributed by atoms with Crippen LogP contribution in [0.3, 0.4) is 0 Å². The Bertz CT molecular complexity index is 1570. The molecule has 53 heavy (non-hydrogen) atoms. The third kappa shape index (κ3) is 14.4. The van der Waals surface area contributed by atoms with Gasteiger partial charge in [0.15, 0.2) is 0 Å². The first-order valence-corrected chi connectivity index (χ1v) is 20.6. The molecule has 1 fully saturated rings. The van der Waals surface area contributed by atoms with Crippen molar-refractivity contribution in [2.24, 2.45) is 0 Å². The van der Waals surface area contributed by atoms with Gasteiger partial charge in [-0.2, -0.15) is 31.4 Å². The minimum absolute atomic E-state index is 0.0897. The maximum Gasteiger partial charge on any atom is 0.423 e. The third-order valence-corrected chi connectivity index (χ3v) is 9.35. The number of ether oxygens (including phenoxy) is 3. The van der Waals surface area contributed by atoms with Gasteiger partial charge in [0.25, 0.3) is 5.56 Å². The van der Waals surface area contributed by atoms with Gasteiger partial charge in [0.1, 0.15) is 17.9 Å². The molecule has 1 aliphatic rings. The van der Waals surface area contributed by atoms with Crippen LogP contribution in [0, 0.1) is 0 Å². The predicted octanol–water partition coefficient (Wildman–Crippen LogP) is 4.83. The average molecular weight is 783 g/mol. The second-order valence-electron chi connectivity index (χ2n) is 14.9. The topological polar surface area (TPSA) is 153 Å². The maximum absolute atomic E-state index is 14.0. The number of carbonyl (C=O) groups is 2. The van der Waals surface area contributed by atoms with Crippen LogP contribution >= 0.6 is 0 Å². The van der Waals surface area contributed by atoms with E-state index in [0.29, 0.717) is 17.1 Å². The Morgan fingerprint density at radius 1 is 0.925 bits per heavy atom. The van der Waals surface area contributed by atoms with Crippen LogP contribution in [0.4, 0.5) is 42.8 Å². The van der Waals surface area contributed by atoms with Crippen molar-refractivity contribution in [2.45, 2.75) is 96.6 Å². The van der Waals surface area contributed by atoms with Crippen LogP contribution < -0.4 is 21.1 Å². The van der Waals surface area contributed by atoms with Crippen molar-refractivity contribution in [1.82, 2.24) is 30.0 Å². The highest BCUT2D eigenvalue weighted by Crippen LogP contribution is 2.32. The standard InChI is InChI=1S/C32H48F6N8O6Si/c1-21(42-24-17-41-46(20-50-12-13-53(5,6)7)27(48)26(24)32(36,37)38)18-51-19-23(43-29(49)52-30(2,3)4)14-25(47)44-8-10-45(11-9-44)28-39-15-22(16-40-28)31(33,34)35/h15-17,21,23,42H,8-14,18-20H2,1-7H3,(H,43,49)/t21-,23?/m0/s1. The first-order chi connectivity index (χ1) is 24.4. The van der Waals surface area contributed by atoms with Gasteiger partial charge in [-0.25, -0.2) is 19.4 Å². The number of aromatic nitrogens is 4. The SMILES string of the molecule is C[C@@H](COCC(CC(=O)N1CCN(c2ncc(C(F)(F)F)cn2)CC1)NC(=O)OC(C)(C)C)Nc1cnn(COCC[Si](C)(C)C)c(=O)c1C(F)(F)F. The highest BCUT2D eigenvalue weighted by molar-refractivity contribution is 6.76. The Balaban J connectivity index is 1.61. The summed E-state index contributed by atoms with van der Waals surface area (Å²) in [6, 6.07) is -0.924. The summed E-state index contributed by atoms with van der Waals surface area (Å²) < 4.78 is 97.8. The molecule has 298 valence electrons. The van der Waals surface area contributed by atoms with Crippen LogP contribution in [-0.2, 0) is 38.1 Å². The molecule has 3 rings (SSSR count). The summed E-state index contributed by atoms with van der Waals surface area (Å²) in [5, 5.41) is 9.08. The summed E-state index contributed by atoms with van der Waals surface area (Å²) in [5.41, 5.74) is -5.18. The Hall–Kier alpha value is -3.98. The molecule has 21 heteroatoms. The molecule has 0 aliphatic carbocycles. The number of alkyl carbamates (subject to hydrolysis) is 1. The Morgan fingerprint density at radius 2 is 1.55 bits per heavy atom. The number of anilines is 2. The van der Waals surface area contributed by atoms with Gasteiger partial charge < -0.3 is 34.6 Å². The molecule has 1 aliphatic heterocycles. The van der Waals surface area contributed by atoms with Gasteiger partial charge in [-0.05, 0) is 33.7 Å². The number of alkyl halides is 6. The zero-order valence-corrected chi connectivity index (χ0v) is 31.9. The van der Waals surface area contributed by atoms with E-state index in [9.17, 15) is 40.7 Å². The van der Waals surface area contributed by atoms with E-state index < -0.39 is 73.3 Å². The number of amides is 2. The molecule has 2 aromatic rings. The molecular formula is C32H48F6N8O6Si. The number of nitrogens with one attached hydrogen (secondary N) is 2. The van der Waals surface area contributed by atoms with Crippen molar-refractivity contribution in [1.29, 1.82) is 0 Å². The molecule has 2 atom stereocenters. The van der Waals surface area contributed by atoms with Crippen molar-refractivity contribution in [3.05, 3.63) is 40.1 Å². The lowest BCUT2D eigenvalue weighted by Gasteiger charge is -2.35. The average Bonchev–Trinajstić information content (AvgIpc) is 3.01. The zero-order chi connectivity index (χ0) is 39.8. The molecule has 3 heterocycles. The van der Waals surface area contributed by atoms with Gasteiger partial charge in [-0.3, -0.25) is 9.59 Å². The number of hydrogen-bond donors (Lipinski definition) is 2. The second-order valence-corrected chi connectivity index (χ2v) is 20.5. The summed E-state index contributed by atoms with van der Waals surface area (Å²) in [5.74, 6) is -0.272. The summed E-state index contributed by atoms with van der Waals surface area (Å²) in [6.07, 6.45) is -8.33. The van der Waals surface area contributed by atoms with Crippen molar-refractivity contribution >= 4 is 31.7 Å². The fourth-order valence-electron chi connectivity index (χ4n) is 4.94. The van der Waals surface area contributed by atoms with E-state index >= 15 is 0 Å². The van der Waals surface area contributed by atoms with Gasteiger partial charge >= 0.3 is 18.4 Å². The molecule has 0 aromatic carbocycles. The summed E-state index contributed by atoms with van der Waals surface area (Å²) in [4.78, 5) is 49.4. The number of nitrogens with zero attached hydrogens (tertiary/aromatic N) is 6. The van der Waals surface area contributed by atoms with Crippen LogP contribution in [0.1, 0.15) is 45.2 Å². The van der Waals surface area contributed by atoms with E-state index in [1.807, 2.05) is 0 Å². The van der Waals surface area contributed by atoms with Crippen molar-refractivity contribution in [3.63, 3.8) is 0 Å². The van der Waals surface area contributed by atoms with Crippen molar-refractivity contribution in [3.8, 4) is 0 Å². The number of hydrogen-bond acceptors (Lipinski definition) is 11. The monoisotopic (exact) mass is 782 g/mol. The van der Waals surface area contributed by atoms with Crippen LogP contribution in [0.5, 0.6) is 0 Å². The van der Waals surface area contributed by atoms with Crippen LogP contribution in [0.15, 0.2) is 23.4 Å². The number of carbonyl (C=O) groups excluding carboxylic acids is 2. The molecule has 2 aromatic heterocycles. The predicted molar refractivity (Wildman–Crippen MR) is 185 cm³/mol. The van der Waals surface area contributed by atoms with Crippen LogP contribution in [0.2, 0.25) is 25.7 Å². The Labute approximate surface area is 304 Å². The number of halogens is 6. The number of piperazine rings is 1. The van der Waals surface area contributed by atoms with E-state index in [2.05, 4.69) is 45.3 Å². The quantitative estimate of drug-likeness (QED) is 0.145. The molecule has 0 saturated carbocycles. The highest BCUT2D eigenvalue weighted by atomic mass is 28.3. The molecule has 2 N–H and O–H groups in total. The van der Waals surface area contributed by atoms with Gasteiger partial charge in [0.05, 0.1) is 36.7 Å². The lowest BCUT2D eigenvalue weighted by Crippen LogP contribution is -2.51. The Morgan fingerprint density at radius 3 is 2.09 bits per heavy atom. The molecule has 0 spiro atoms. The molecule has 0 bridgehead atoms. The van der Waals surface area contributed by atoms with Gasteiger partial charge in [0.2, 0.25) is 11.9 Å². The molecule has 1 saturated heterocycles.